The van der Waals surface area contributed by atoms with Gasteiger partial charge in [0.05, 0.1) is 0 Å². The monoisotopic (exact) mass is 260 g/mol. The van der Waals surface area contributed by atoms with Crippen LogP contribution in [0.1, 0.15) is 46.0 Å². The number of piperidine rings is 1. The molecule has 18 heavy (non-hydrogen) atoms. The van der Waals surface area contributed by atoms with Crippen LogP contribution in [0.5, 0.6) is 0 Å². The third kappa shape index (κ3) is 3.41. The molecule has 1 aliphatic carbocycles. The highest BCUT2D eigenvalue weighted by molar-refractivity contribution is 4.91. The molecular weight excluding hydrogens is 234 g/mol. The van der Waals surface area contributed by atoms with Crippen LogP contribution < -0.4 is 5.73 Å². The van der Waals surface area contributed by atoms with E-state index in [4.69, 9.17) is 5.73 Å². The minimum Gasteiger partial charge on any atom is -0.327 e. The number of hydrogen-bond donors (Lipinski definition) is 1. The molecule has 1 heterocycles. The Balaban J connectivity index is 1.87. The Morgan fingerprint density at radius 3 is 2.61 bits per heavy atom. The van der Waals surface area contributed by atoms with Gasteiger partial charge in [-0.1, -0.05) is 13.8 Å². The Morgan fingerprint density at radius 1 is 1.28 bits per heavy atom. The van der Waals surface area contributed by atoms with Crippen LogP contribution in [-0.4, -0.2) is 36.5 Å². The number of rotatable bonds is 2. The normalized spacial score (nSPS) is 36.5. The summed E-state index contributed by atoms with van der Waals surface area (Å²) in [7, 11) is 0. The maximum atomic E-state index is 13.4. The van der Waals surface area contributed by atoms with Crippen LogP contribution in [0.4, 0.5) is 8.78 Å². The van der Waals surface area contributed by atoms with Crippen LogP contribution in [0, 0.1) is 11.3 Å². The minimum atomic E-state index is -2.43. The largest absolute Gasteiger partial charge is 0.327 e. The summed E-state index contributed by atoms with van der Waals surface area (Å²) >= 11 is 0. The van der Waals surface area contributed by atoms with Crippen LogP contribution in [0.15, 0.2) is 0 Å². The first-order valence-electron chi connectivity index (χ1n) is 7.14. The lowest BCUT2D eigenvalue weighted by atomic mass is 9.78. The van der Waals surface area contributed by atoms with E-state index in [9.17, 15) is 8.78 Å². The molecule has 2 aliphatic rings. The molecule has 2 N–H and O–H groups in total. The van der Waals surface area contributed by atoms with Gasteiger partial charge >= 0.3 is 0 Å². The van der Waals surface area contributed by atoms with Crippen LogP contribution in [0.2, 0.25) is 0 Å². The number of nitrogens with zero attached hydrogens (tertiary/aromatic N) is 1. The predicted molar refractivity (Wildman–Crippen MR) is 69.7 cm³/mol. The second-order valence-corrected chi connectivity index (χ2v) is 6.94. The van der Waals surface area contributed by atoms with Crippen molar-refractivity contribution in [3.8, 4) is 0 Å². The summed E-state index contributed by atoms with van der Waals surface area (Å²) in [6.07, 6.45) is 2.78. The van der Waals surface area contributed by atoms with E-state index in [1.54, 1.807) is 0 Å². The van der Waals surface area contributed by atoms with Crippen molar-refractivity contribution in [2.45, 2.75) is 57.9 Å². The molecule has 2 atom stereocenters. The number of likely N-dealkylation sites (tertiary alicyclic amines) is 1. The van der Waals surface area contributed by atoms with Crippen molar-refractivity contribution in [3.63, 3.8) is 0 Å². The molecule has 0 spiro atoms. The number of hydrogen-bond acceptors (Lipinski definition) is 2. The van der Waals surface area contributed by atoms with E-state index < -0.39 is 5.92 Å². The van der Waals surface area contributed by atoms with Gasteiger partial charge < -0.3 is 10.6 Å². The van der Waals surface area contributed by atoms with Gasteiger partial charge in [0.2, 0.25) is 5.92 Å². The van der Waals surface area contributed by atoms with Crippen molar-refractivity contribution in [2.24, 2.45) is 17.1 Å². The molecule has 2 nitrogen and oxygen atoms in total. The molecule has 1 saturated heterocycles. The van der Waals surface area contributed by atoms with Gasteiger partial charge in [0, 0.05) is 32.0 Å². The van der Waals surface area contributed by atoms with Crippen LogP contribution in [0.25, 0.3) is 0 Å². The standard InChI is InChI=1S/C14H26F2N2/c1-13(2)10-18(7-5-12(13)17)9-11-4-3-6-14(15,16)8-11/h11-12H,3-10,17H2,1-2H3. The molecule has 0 aromatic rings. The van der Waals surface area contributed by atoms with E-state index in [1.807, 2.05) is 0 Å². The fourth-order valence-electron chi connectivity index (χ4n) is 3.44. The Bertz CT molecular complexity index is 292. The van der Waals surface area contributed by atoms with E-state index in [1.165, 1.54) is 0 Å². The zero-order chi connectivity index (χ0) is 13.4. The average Bonchev–Trinajstić information content (AvgIpc) is 2.21. The van der Waals surface area contributed by atoms with Gasteiger partial charge in [-0.15, -0.1) is 0 Å². The van der Waals surface area contributed by atoms with Crippen molar-refractivity contribution >= 4 is 0 Å². The van der Waals surface area contributed by atoms with Gasteiger partial charge in [-0.25, -0.2) is 8.78 Å². The molecule has 106 valence electrons. The smallest absolute Gasteiger partial charge is 0.248 e. The van der Waals surface area contributed by atoms with Gasteiger partial charge in [0.15, 0.2) is 0 Å². The molecule has 1 aliphatic heterocycles. The zero-order valence-corrected chi connectivity index (χ0v) is 11.6. The van der Waals surface area contributed by atoms with E-state index in [2.05, 4.69) is 18.7 Å². The van der Waals surface area contributed by atoms with E-state index in [0.29, 0.717) is 6.42 Å². The number of alkyl halides is 2. The first-order chi connectivity index (χ1) is 8.28. The Hall–Kier alpha value is -0.220. The Kier molecular flexibility index (Phi) is 3.98. The maximum absolute atomic E-state index is 13.4. The van der Waals surface area contributed by atoms with Gasteiger partial charge in [0.25, 0.3) is 0 Å². The topological polar surface area (TPSA) is 29.3 Å². The molecule has 1 saturated carbocycles. The molecule has 0 amide bonds. The quantitative estimate of drug-likeness (QED) is 0.827. The Morgan fingerprint density at radius 2 is 2.00 bits per heavy atom. The molecule has 0 aromatic carbocycles. The maximum Gasteiger partial charge on any atom is 0.248 e. The molecule has 0 bridgehead atoms. The molecule has 2 unspecified atom stereocenters. The fourth-order valence-corrected chi connectivity index (χ4v) is 3.44. The lowest BCUT2D eigenvalue weighted by Gasteiger charge is -2.44. The summed E-state index contributed by atoms with van der Waals surface area (Å²) in [4.78, 5) is 2.34. The molecule has 4 heteroatoms. The molecule has 0 radical (unpaired) electrons. The van der Waals surface area contributed by atoms with Crippen LogP contribution in [-0.2, 0) is 0 Å². The van der Waals surface area contributed by atoms with Crippen LogP contribution in [0.3, 0.4) is 0 Å². The summed E-state index contributed by atoms with van der Waals surface area (Å²) in [5.74, 6) is -2.26. The second kappa shape index (κ2) is 5.04. The first-order valence-corrected chi connectivity index (χ1v) is 7.14. The lowest BCUT2D eigenvalue weighted by molar-refractivity contribution is -0.0599. The molecule has 0 aromatic heterocycles. The Labute approximate surface area is 109 Å². The van der Waals surface area contributed by atoms with Gasteiger partial charge in [0.1, 0.15) is 0 Å². The first kappa shape index (κ1) is 14.2. The summed E-state index contributed by atoms with van der Waals surface area (Å²) < 4.78 is 26.8. The van der Waals surface area contributed by atoms with Gasteiger partial charge in [-0.05, 0) is 37.1 Å². The lowest BCUT2D eigenvalue weighted by Crippen LogP contribution is -2.53. The highest BCUT2D eigenvalue weighted by Crippen LogP contribution is 2.38. The number of halogens is 2. The van der Waals surface area contributed by atoms with E-state index in [0.717, 1.165) is 32.5 Å². The summed E-state index contributed by atoms with van der Waals surface area (Å²) in [5, 5.41) is 0. The van der Waals surface area contributed by atoms with Crippen molar-refractivity contribution in [2.75, 3.05) is 19.6 Å². The molecular formula is C14H26F2N2. The molecule has 2 fully saturated rings. The third-order valence-corrected chi connectivity index (χ3v) is 4.65. The highest BCUT2D eigenvalue weighted by Gasteiger charge is 2.39. The SMILES string of the molecule is CC1(C)CN(CC2CCCC(F)(F)C2)CCC1N. The van der Waals surface area contributed by atoms with E-state index in [-0.39, 0.29) is 30.2 Å². The van der Waals surface area contributed by atoms with Gasteiger partial charge in [-0.2, -0.15) is 0 Å². The van der Waals surface area contributed by atoms with Crippen molar-refractivity contribution in [1.82, 2.24) is 4.90 Å². The summed E-state index contributed by atoms with van der Waals surface area (Å²) in [5.41, 5.74) is 6.21. The minimum absolute atomic E-state index is 0.0793. The third-order valence-electron chi connectivity index (χ3n) is 4.65. The average molecular weight is 260 g/mol. The summed E-state index contributed by atoms with van der Waals surface area (Å²) in [6.45, 7) is 7.09. The van der Waals surface area contributed by atoms with Crippen molar-refractivity contribution in [1.29, 1.82) is 0 Å². The van der Waals surface area contributed by atoms with Crippen molar-refractivity contribution < 1.29 is 8.78 Å². The zero-order valence-electron chi connectivity index (χ0n) is 11.6. The highest BCUT2D eigenvalue weighted by atomic mass is 19.3. The molecule has 2 rings (SSSR count). The predicted octanol–water partition coefficient (Wildman–Crippen LogP) is 2.87. The van der Waals surface area contributed by atoms with Crippen molar-refractivity contribution in [3.05, 3.63) is 0 Å². The second-order valence-electron chi connectivity index (χ2n) is 6.94. The number of nitrogens with two attached hydrogens (primary N) is 1. The van der Waals surface area contributed by atoms with E-state index >= 15 is 0 Å². The summed E-state index contributed by atoms with van der Waals surface area (Å²) in [6, 6.07) is 0.238. The van der Waals surface area contributed by atoms with Gasteiger partial charge in [-0.3, -0.25) is 0 Å². The fraction of sp³-hybridized carbons (Fsp3) is 1.00. The van der Waals surface area contributed by atoms with Crippen LogP contribution >= 0.6 is 0 Å².